The predicted molar refractivity (Wildman–Crippen MR) is 80.1 cm³/mol. The Bertz CT molecular complexity index is 616. The van der Waals surface area contributed by atoms with Crippen LogP contribution in [-0.4, -0.2) is 13.0 Å². The summed E-state index contributed by atoms with van der Waals surface area (Å²) in [6.45, 7) is 0. The van der Waals surface area contributed by atoms with Gasteiger partial charge in [0, 0.05) is 4.47 Å². The lowest BCUT2D eigenvalue weighted by Crippen LogP contribution is -2.13. The topological polar surface area (TPSA) is 38.3 Å². The first-order valence-corrected chi connectivity index (χ1v) is 6.69. The largest absolute Gasteiger partial charge is 0.495 e. The van der Waals surface area contributed by atoms with E-state index in [1.54, 1.807) is 37.4 Å². The van der Waals surface area contributed by atoms with Crippen LogP contribution < -0.4 is 10.1 Å². The summed E-state index contributed by atoms with van der Waals surface area (Å²) in [5, 5.41) is 3.16. The molecule has 0 saturated carbocycles. The Labute approximate surface area is 124 Å². The Morgan fingerprint density at radius 1 is 1.21 bits per heavy atom. The fraction of sp³-hybridized carbons (Fsp3) is 0.0714. The summed E-state index contributed by atoms with van der Waals surface area (Å²) < 4.78 is 5.86. The molecular formula is C14H11BrClNO2. The van der Waals surface area contributed by atoms with Crippen LogP contribution >= 0.6 is 27.5 Å². The summed E-state index contributed by atoms with van der Waals surface area (Å²) in [6.07, 6.45) is 0. The molecule has 0 spiro atoms. The van der Waals surface area contributed by atoms with Gasteiger partial charge in [0.1, 0.15) is 5.75 Å². The van der Waals surface area contributed by atoms with Crippen molar-refractivity contribution in [2.75, 3.05) is 12.4 Å². The van der Waals surface area contributed by atoms with Crippen LogP contribution in [0.3, 0.4) is 0 Å². The lowest BCUT2D eigenvalue weighted by Gasteiger charge is -2.11. The highest BCUT2D eigenvalue weighted by atomic mass is 79.9. The summed E-state index contributed by atoms with van der Waals surface area (Å²) >= 11 is 9.38. The molecule has 0 radical (unpaired) electrons. The number of halogens is 2. The zero-order chi connectivity index (χ0) is 13.8. The van der Waals surface area contributed by atoms with Crippen molar-refractivity contribution < 1.29 is 9.53 Å². The molecule has 0 aliphatic rings. The van der Waals surface area contributed by atoms with E-state index in [1.807, 2.05) is 12.1 Å². The van der Waals surface area contributed by atoms with Crippen molar-refractivity contribution in [1.82, 2.24) is 0 Å². The highest BCUT2D eigenvalue weighted by Gasteiger charge is 2.14. The normalized spacial score (nSPS) is 10.1. The van der Waals surface area contributed by atoms with Gasteiger partial charge in [0.05, 0.1) is 23.4 Å². The quantitative estimate of drug-likeness (QED) is 0.901. The average molecular weight is 341 g/mol. The zero-order valence-electron chi connectivity index (χ0n) is 10.1. The summed E-state index contributed by atoms with van der Waals surface area (Å²) in [4.78, 5) is 12.2. The molecule has 19 heavy (non-hydrogen) atoms. The van der Waals surface area contributed by atoms with Crippen LogP contribution in [0.5, 0.6) is 5.75 Å². The molecule has 0 fully saturated rings. The molecule has 0 aliphatic heterocycles. The van der Waals surface area contributed by atoms with Crippen LogP contribution in [0.25, 0.3) is 0 Å². The summed E-state index contributed by atoms with van der Waals surface area (Å²) in [5.74, 6) is 0.317. The van der Waals surface area contributed by atoms with Gasteiger partial charge in [0.15, 0.2) is 0 Å². The molecule has 3 nitrogen and oxygen atoms in total. The number of ether oxygens (including phenoxy) is 1. The summed E-state index contributed by atoms with van der Waals surface area (Å²) in [5.41, 5.74) is 1.01. The molecule has 2 aromatic carbocycles. The summed E-state index contributed by atoms with van der Waals surface area (Å²) in [6, 6.07) is 12.4. The average Bonchev–Trinajstić information content (AvgIpc) is 2.42. The molecule has 0 bridgehead atoms. The van der Waals surface area contributed by atoms with Gasteiger partial charge in [-0.15, -0.1) is 0 Å². The zero-order valence-corrected chi connectivity index (χ0v) is 12.5. The van der Waals surface area contributed by atoms with Gasteiger partial charge in [-0.1, -0.05) is 29.8 Å². The molecule has 2 rings (SSSR count). The first-order valence-electron chi connectivity index (χ1n) is 5.52. The van der Waals surface area contributed by atoms with E-state index in [0.717, 1.165) is 0 Å². The fourth-order valence-electron chi connectivity index (χ4n) is 1.62. The molecule has 1 amide bonds. The van der Waals surface area contributed by atoms with Crippen LogP contribution in [0.1, 0.15) is 10.4 Å². The van der Waals surface area contributed by atoms with E-state index in [0.29, 0.717) is 26.5 Å². The number of hydrogen-bond acceptors (Lipinski definition) is 2. The van der Waals surface area contributed by atoms with Crippen molar-refractivity contribution in [3.63, 3.8) is 0 Å². The van der Waals surface area contributed by atoms with Crippen molar-refractivity contribution in [3.05, 3.63) is 57.5 Å². The first kappa shape index (κ1) is 13.9. The third kappa shape index (κ3) is 3.08. The number of rotatable bonds is 3. The summed E-state index contributed by atoms with van der Waals surface area (Å²) in [7, 11) is 1.55. The second kappa shape index (κ2) is 6.08. The number of anilines is 1. The molecule has 5 heteroatoms. The third-order valence-electron chi connectivity index (χ3n) is 2.55. The SMILES string of the molecule is COc1ccccc1NC(=O)c1cccc(Br)c1Cl. The van der Waals surface area contributed by atoms with Crippen LogP contribution in [0.2, 0.25) is 5.02 Å². The number of benzene rings is 2. The first-order chi connectivity index (χ1) is 9.13. The number of carbonyl (C=O) groups excluding carboxylic acids is 1. The van der Waals surface area contributed by atoms with Crippen LogP contribution in [0.15, 0.2) is 46.9 Å². The van der Waals surface area contributed by atoms with Gasteiger partial charge >= 0.3 is 0 Å². The smallest absolute Gasteiger partial charge is 0.257 e. The van der Waals surface area contributed by atoms with Crippen LogP contribution in [0, 0.1) is 0 Å². The number of carbonyl (C=O) groups is 1. The van der Waals surface area contributed by atoms with Gasteiger partial charge in [0.2, 0.25) is 0 Å². The van der Waals surface area contributed by atoms with Gasteiger partial charge in [-0.3, -0.25) is 4.79 Å². The van der Waals surface area contributed by atoms with Gasteiger partial charge in [0.25, 0.3) is 5.91 Å². The molecule has 0 unspecified atom stereocenters. The highest BCUT2D eigenvalue weighted by Crippen LogP contribution is 2.28. The minimum atomic E-state index is -0.282. The Balaban J connectivity index is 2.28. The van der Waals surface area contributed by atoms with E-state index in [2.05, 4.69) is 21.2 Å². The molecule has 2 aromatic rings. The van der Waals surface area contributed by atoms with E-state index in [9.17, 15) is 4.79 Å². The minimum Gasteiger partial charge on any atom is -0.495 e. The maximum Gasteiger partial charge on any atom is 0.257 e. The number of para-hydroxylation sites is 2. The maximum absolute atomic E-state index is 12.2. The van der Waals surface area contributed by atoms with Crippen molar-refractivity contribution in [3.8, 4) is 5.75 Å². The number of amides is 1. The van der Waals surface area contributed by atoms with E-state index in [-0.39, 0.29) is 5.91 Å². The second-order valence-corrected chi connectivity index (χ2v) is 4.99. The van der Waals surface area contributed by atoms with Crippen molar-refractivity contribution in [2.24, 2.45) is 0 Å². The minimum absolute atomic E-state index is 0.282. The fourth-order valence-corrected chi connectivity index (χ4v) is 2.19. The van der Waals surface area contributed by atoms with Crippen LogP contribution in [0.4, 0.5) is 5.69 Å². The van der Waals surface area contributed by atoms with E-state index < -0.39 is 0 Å². The monoisotopic (exact) mass is 339 g/mol. The molecule has 0 saturated heterocycles. The Morgan fingerprint density at radius 2 is 1.95 bits per heavy atom. The predicted octanol–water partition coefficient (Wildman–Crippen LogP) is 4.36. The molecular weight excluding hydrogens is 330 g/mol. The van der Waals surface area contributed by atoms with E-state index in [1.165, 1.54) is 0 Å². The Morgan fingerprint density at radius 3 is 2.68 bits per heavy atom. The van der Waals surface area contributed by atoms with Gasteiger partial charge < -0.3 is 10.1 Å². The molecule has 98 valence electrons. The highest BCUT2D eigenvalue weighted by molar-refractivity contribution is 9.10. The molecule has 1 N–H and O–H groups in total. The second-order valence-electron chi connectivity index (χ2n) is 3.76. The molecule has 0 atom stereocenters. The molecule has 0 aromatic heterocycles. The van der Waals surface area contributed by atoms with Crippen molar-refractivity contribution in [2.45, 2.75) is 0 Å². The van der Waals surface area contributed by atoms with E-state index in [4.69, 9.17) is 16.3 Å². The van der Waals surface area contributed by atoms with Crippen molar-refractivity contribution >= 4 is 39.1 Å². The standard InChI is InChI=1S/C14H11BrClNO2/c1-19-12-8-3-2-7-11(12)17-14(18)9-5-4-6-10(15)13(9)16/h2-8H,1H3,(H,17,18). The van der Waals surface area contributed by atoms with Crippen molar-refractivity contribution in [1.29, 1.82) is 0 Å². The number of methoxy groups -OCH3 is 1. The molecule has 0 heterocycles. The Kier molecular flexibility index (Phi) is 4.45. The van der Waals surface area contributed by atoms with Gasteiger partial charge in [-0.2, -0.15) is 0 Å². The lowest BCUT2D eigenvalue weighted by atomic mass is 10.2. The van der Waals surface area contributed by atoms with Crippen LogP contribution in [-0.2, 0) is 0 Å². The van der Waals surface area contributed by atoms with Gasteiger partial charge in [-0.25, -0.2) is 0 Å². The van der Waals surface area contributed by atoms with E-state index >= 15 is 0 Å². The number of nitrogens with one attached hydrogen (secondary N) is 1. The Hall–Kier alpha value is -1.52. The maximum atomic E-state index is 12.2. The third-order valence-corrected chi connectivity index (χ3v) is 3.85. The number of hydrogen-bond donors (Lipinski definition) is 1. The van der Waals surface area contributed by atoms with Gasteiger partial charge in [-0.05, 0) is 40.2 Å². The lowest BCUT2D eigenvalue weighted by molar-refractivity contribution is 0.102. The molecule has 0 aliphatic carbocycles.